The lowest BCUT2D eigenvalue weighted by molar-refractivity contribution is 0.0693. The maximum Gasteiger partial charge on any atom is 0.339 e. The number of rotatable bonds is 4. The highest BCUT2D eigenvalue weighted by molar-refractivity contribution is 5.91. The summed E-state index contributed by atoms with van der Waals surface area (Å²) in [6, 6.07) is 3.41. The summed E-state index contributed by atoms with van der Waals surface area (Å²) in [6.07, 6.45) is 1.86. The van der Waals surface area contributed by atoms with Crippen LogP contribution in [0.25, 0.3) is 0 Å². The fourth-order valence-electron chi connectivity index (χ4n) is 1.62. The molecule has 16 heavy (non-hydrogen) atoms. The lowest BCUT2D eigenvalue weighted by Crippen LogP contribution is -2.01. The summed E-state index contributed by atoms with van der Waals surface area (Å²) in [7, 11) is 0. The first-order chi connectivity index (χ1) is 7.41. The van der Waals surface area contributed by atoms with Gasteiger partial charge in [0.2, 0.25) is 0 Å². The van der Waals surface area contributed by atoms with E-state index in [4.69, 9.17) is 5.11 Å². The second-order valence-corrected chi connectivity index (χ2v) is 4.55. The second-order valence-electron chi connectivity index (χ2n) is 4.55. The van der Waals surface area contributed by atoms with Crippen molar-refractivity contribution in [2.24, 2.45) is 5.92 Å². The van der Waals surface area contributed by atoms with Gasteiger partial charge in [-0.15, -0.1) is 0 Å². The summed E-state index contributed by atoms with van der Waals surface area (Å²) in [5.41, 5.74) is 1.60. The van der Waals surface area contributed by atoms with Crippen LogP contribution in [0, 0.1) is 12.8 Å². The van der Waals surface area contributed by atoms with Gasteiger partial charge in [-0.1, -0.05) is 19.9 Å². The maximum absolute atomic E-state index is 10.9. The summed E-state index contributed by atoms with van der Waals surface area (Å²) in [4.78, 5) is 10.9. The minimum Gasteiger partial charge on any atom is -0.507 e. The molecular formula is C13H18O3. The SMILES string of the molecule is Cc1cc(CCC(C)C)cc(C(=O)O)c1O. The molecular weight excluding hydrogens is 204 g/mol. The first-order valence-electron chi connectivity index (χ1n) is 5.47. The molecule has 1 aromatic carbocycles. The average molecular weight is 222 g/mol. The van der Waals surface area contributed by atoms with E-state index >= 15 is 0 Å². The fourth-order valence-corrected chi connectivity index (χ4v) is 1.62. The number of carboxylic acids is 1. The quantitative estimate of drug-likeness (QED) is 0.823. The van der Waals surface area contributed by atoms with Crippen molar-refractivity contribution in [3.05, 3.63) is 28.8 Å². The first kappa shape index (κ1) is 12.6. The third kappa shape index (κ3) is 2.99. The molecule has 0 amide bonds. The van der Waals surface area contributed by atoms with E-state index in [2.05, 4.69) is 13.8 Å². The molecule has 0 heterocycles. The van der Waals surface area contributed by atoms with Crippen LogP contribution in [0.2, 0.25) is 0 Å². The molecule has 0 saturated heterocycles. The van der Waals surface area contributed by atoms with E-state index in [-0.39, 0.29) is 11.3 Å². The van der Waals surface area contributed by atoms with Gasteiger partial charge in [0.25, 0.3) is 0 Å². The predicted molar refractivity (Wildman–Crippen MR) is 63.0 cm³/mol. The van der Waals surface area contributed by atoms with E-state index in [1.165, 1.54) is 0 Å². The molecule has 0 aliphatic rings. The summed E-state index contributed by atoms with van der Waals surface area (Å²) in [6.45, 7) is 5.98. The average Bonchev–Trinajstić information content (AvgIpc) is 2.19. The first-order valence-corrected chi connectivity index (χ1v) is 5.47. The van der Waals surface area contributed by atoms with Crippen molar-refractivity contribution >= 4 is 5.97 Å². The molecule has 88 valence electrons. The van der Waals surface area contributed by atoms with Crippen molar-refractivity contribution in [1.82, 2.24) is 0 Å². The van der Waals surface area contributed by atoms with Crippen molar-refractivity contribution in [2.75, 3.05) is 0 Å². The molecule has 0 atom stereocenters. The van der Waals surface area contributed by atoms with Gasteiger partial charge in [0.05, 0.1) is 0 Å². The Morgan fingerprint density at radius 2 is 2.00 bits per heavy atom. The van der Waals surface area contributed by atoms with Crippen LogP contribution in [0.1, 0.15) is 41.8 Å². The number of hydrogen-bond acceptors (Lipinski definition) is 2. The zero-order chi connectivity index (χ0) is 12.3. The standard InChI is InChI=1S/C13H18O3/c1-8(2)4-5-10-6-9(3)12(14)11(7-10)13(15)16/h6-8,14H,4-5H2,1-3H3,(H,15,16). The Morgan fingerprint density at radius 1 is 1.38 bits per heavy atom. The second kappa shape index (κ2) is 5.01. The topological polar surface area (TPSA) is 57.5 Å². The molecule has 1 aromatic rings. The molecule has 1 rings (SSSR count). The van der Waals surface area contributed by atoms with Gasteiger partial charge in [-0.05, 0) is 42.9 Å². The summed E-state index contributed by atoms with van der Waals surface area (Å²) < 4.78 is 0. The monoisotopic (exact) mass is 222 g/mol. The highest BCUT2D eigenvalue weighted by Crippen LogP contribution is 2.25. The molecule has 0 saturated carbocycles. The Hall–Kier alpha value is -1.51. The van der Waals surface area contributed by atoms with Crippen LogP contribution in [-0.2, 0) is 6.42 Å². The van der Waals surface area contributed by atoms with Crippen LogP contribution < -0.4 is 0 Å². The van der Waals surface area contributed by atoms with E-state index in [0.717, 1.165) is 18.4 Å². The molecule has 0 spiro atoms. The third-order valence-corrected chi connectivity index (χ3v) is 2.60. The van der Waals surface area contributed by atoms with Crippen LogP contribution >= 0.6 is 0 Å². The zero-order valence-electron chi connectivity index (χ0n) is 9.95. The molecule has 3 heteroatoms. The molecule has 0 aliphatic heterocycles. The van der Waals surface area contributed by atoms with Gasteiger partial charge in [0, 0.05) is 0 Å². The number of hydrogen-bond donors (Lipinski definition) is 2. The Morgan fingerprint density at radius 3 is 2.50 bits per heavy atom. The van der Waals surface area contributed by atoms with Crippen molar-refractivity contribution in [1.29, 1.82) is 0 Å². The van der Waals surface area contributed by atoms with E-state index in [1.807, 2.05) is 6.07 Å². The molecule has 0 radical (unpaired) electrons. The maximum atomic E-state index is 10.9. The highest BCUT2D eigenvalue weighted by atomic mass is 16.4. The normalized spacial score (nSPS) is 10.8. The Bertz CT molecular complexity index is 394. The third-order valence-electron chi connectivity index (χ3n) is 2.60. The predicted octanol–water partition coefficient (Wildman–Crippen LogP) is 2.99. The lowest BCUT2D eigenvalue weighted by Gasteiger charge is -2.09. The lowest BCUT2D eigenvalue weighted by atomic mass is 9.98. The van der Waals surface area contributed by atoms with Crippen LogP contribution in [0.3, 0.4) is 0 Å². The van der Waals surface area contributed by atoms with Crippen molar-refractivity contribution in [3.63, 3.8) is 0 Å². The van der Waals surface area contributed by atoms with Crippen LogP contribution in [0.5, 0.6) is 5.75 Å². The Kier molecular flexibility index (Phi) is 3.93. The van der Waals surface area contributed by atoms with Crippen LogP contribution in [0.15, 0.2) is 12.1 Å². The molecule has 0 aromatic heterocycles. The van der Waals surface area contributed by atoms with Gasteiger partial charge in [0.15, 0.2) is 0 Å². The number of carbonyl (C=O) groups is 1. The van der Waals surface area contributed by atoms with Gasteiger partial charge in [-0.25, -0.2) is 4.79 Å². The summed E-state index contributed by atoms with van der Waals surface area (Å²) in [5, 5.41) is 18.5. The van der Waals surface area contributed by atoms with Crippen LogP contribution in [0.4, 0.5) is 0 Å². The van der Waals surface area contributed by atoms with Crippen LogP contribution in [-0.4, -0.2) is 16.2 Å². The van der Waals surface area contributed by atoms with E-state index < -0.39 is 5.97 Å². The summed E-state index contributed by atoms with van der Waals surface area (Å²) >= 11 is 0. The fraction of sp³-hybridized carbons (Fsp3) is 0.462. The Labute approximate surface area is 95.7 Å². The number of aryl methyl sites for hydroxylation is 2. The number of aromatic hydroxyl groups is 1. The molecule has 0 fully saturated rings. The van der Waals surface area contributed by atoms with Gasteiger partial charge >= 0.3 is 5.97 Å². The molecule has 0 aliphatic carbocycles. The van der Waals surface area contributed by atoms with E-state index in [0.29, 0.717) is 11.5 Å². The van der Waals surface area contributed by atoms with E-state index in [1.54, 1.807) is 13.0 Å². The highest BCUT2D eigenvalue weighted by Gasteiger charge is 2.13. The smallest absolute Gasteiger partial charge is 0.339 e. The zero-order valence-corrected chi connectivity index (χ0v) is 9.95. The van der Waals surface area contributed by atoms with Crippen molar-refractivity contribution < 1.29 is 15.0 Å². The minimum atomic E-state index is -1.08. The largest absolute Gasteiger partial charge is 0.507 e. The number of benzene rings is 1. The van der Waals surface area contributed by atoms with E-state index in [9.17, 15) is 9.90 Å². The van der Waals surface area contributed by atoms with Gasteiger partial charge < -0.3 is 10.2 Å². The van der Waals surface area contributed by atoms with Gasteiger partial charge in [-0.3, -0.25) is 0 Å². The Balaban J connectivity index is 3.00. The molecule has 3 nitrogen and oxygen atoms in total. The number of carboxylic acid groups (broad SMARTS) is 1. The van der Waals surface area contributed by atoms with Gasteiger partial charge in [-0.2, -0.15) is 0 Å². The summed E-state index contributed by atoms with van der Waals surface area (Å²) in [5.74, 6) is -0.616. The van der Waals surface area contributed by atoms with Gasteiger partial charge in [0.1, 0.15) is 11.3 Å². The van der Waals surface area contributed by atoms with Crippen molar-refractivity contribution in [3.8, 4) is 5.75 Å². The number of aromatic carboxylic acids is 1. The molecule has 0 bridgehead atoms. The molecule has 0 unspecified atom stereocenters. The minimum absolute atomic E-state index is 0.00115. The molecule has 2 N–H and O–H groups in total. The van der Waals surface area contributed by atoms with Crippen molar-refractivity contribution in [2.45, 2.75) is 33.6 Å². The number of phenols is 1.